The molecule has 0 radical (unpaired) electrons. The van der Waals surface area contributed by atoms with Crippen LogP contribution in [0.5, 0.6) is 0 Å². The van der Waals surface area contributed by atoms with Gasteiger partial charge in [0.15, 0.2) is 0 Å². The third-order valence-electron chi connectivity index (χ3n) is 1.27. The predicted octanol–water partition coefficient (Wildman–Crippen LogP) is 1.20. The number of nitrogens with zero attached hydrogens (tertiary/aromatic N) is 2. The van der Waals surface area contributed by atoms with Gasteiger partial charge in [-0.15, -0.1) is 11.6 Å². The molecular weight excluding hydrogens is 136 g/mol. The van der Waals surface area contributed by atoms with E-state index in [0.717, 1.165) is 6.42 Å². The molecule has 0 aromatic carbocycles. The van der Waals surface area contributed by atoms with Gasteiger partial charge in [0, 0.05) is 31.2 Å². The smallest absolute Gasteiger partial charge is 0.0945 e. The molecule has 0 aliphatic rings. The first-order valence-corrected chi connectivity index (χ1v) is 3.39. The number of aryl methyl sites for hydroxylation is 2. The third-order valence-corrected chi connectivity index (χ3v) is 1.46. The minimum absolute atomic E-state index is 0.666. The summed E-state index contributed by atoms with van der Waals surface area (Å²) in [5.41, 5.74) is 1.19. The van der Waals surface area contributed by atoms with Gasteiger partial charge in [-0.1, -0.05) is 0 Å². The lowest BCUT2D eigenvalue weighted by atomic mass is 10.4. The van der Waals surface area contributed by atoms with Crippen molar-refractivity contribution in [3.8, 4) is 0 Å². The minimum atomic E-state index is 0.666. The number of imidazole rings is 1. The van der Waals surface area contributed by atoms with Crippen LogP contribution in [0, 0.1) is 0 Å². The molecule has 0 aliphatic heterocycles. The molecule has 2 nitrogen and oxygen atoms in total. The summed E-state index contributed by atoms with van der Waals surface area (Å²) in [7, 11) is 1.97. The van der Waals surface area contributed by atoms with Crippen molar-refractivity contribution < 1.29 is 0 Å². The zero-order valence-electron chi connectivity index (χ0n) is 5.34. The summed E-state index contributed by atoms with van der Waals surface area (Å²) < 4.78 is 1.97. The van der Waals surface area contributed by atoms with Crippen LogP contribution < -0.4 is 0 Å². The fourth-order valence-corrected chi connectivity index (χ4v) is 0.916. The highest BCUT2D eigenvalue weighted by Crippen LogP contribution is 1.97. The van der Waals surface area contributed by atoms with Crippen molar-refractivity contribution in [2.45, 2.75) is 6.42 Å². The summed E-state index contributed by atoms with van der Waals surface area (Å²) in [4.78, 5) is 3.94. The Morgan fingerprint density at radius 1 is 1.78 bits per heavy atom. The fraction of sp³-hybridized carbons (Fsp3) is 0.500. The number of aromatic nitrogens is 2. The summed E-state index contributed by atoms with van der Waals surface area (Å²) in [6.45, 7) is 0. The summed E-state index contributed by atoms with van der Waals surface area (Å²) in [6, 6.07) is 0. The van der Waals surface area contributed by atoms with Gasteiger partial charge in [-0.3, -0.25) is 0 Å². The van der Waals surface area contributed by atoms with Crippen LogP contribution in [0.1, 0.15) is 5.69 Å². The highest BCUT2D eigenvalue weighted by molar-refractivity contribution is 6.17. The van der Waals surface area contributed by atoms with Crippen LogP contribution >= 0.6 is 11.6 Å². The molecule has 0 spiro atoms. The Morgan fingerprint density at radius 3 is 3.00 bits per heavy atom. The summed E-state index contributed by atoms with van der Waals surface area (Å²) in [5.74, 6) is 0.666. The van der Waals surface area contributed by atoms with E-state index < -0.39 is 0 Å². The van der Waals surface area contributed by atoms with Crippen molar-refractivity contribution in [3.63, 3.8) is 0 Å². The second-order valence-electron chi connectivity index (χ2n) is 1.93. The van der Waals surface area contributed by atoms with Gasteiger partial charge in [0.05, 0.1) is 6.33 Å². The van der Waals surface area contributed by atoms with E-state index in [9.17, 15) is 0 Å². The molecule has 1 heterocycles. The van der Waals surface area contributed by atoms with Crippen molar-refractivity contribution in [2.75, 3.05) is 5.88 Å². The number of rotatable bonds is 2. The molecule has 0 unspecified atom stereocenters. The quantitative estimate of drug-likeness (QED) is 0.571. The lowest BCUT2D eigenvalue weighted by Crippen LogP contribution is -1.94. The van der Waals surface area contributed by atoms with Gasteiger partial charge in [-0.25, -0.2) is 4.98 Å². The Labute approximate surface area is 59.5 Å². The molecule has 0 N–H and O–H groups in total. The second kappa shape index (κ2) is 2.87. The van der Waals surface area contributed by atoms with Crippen LogP contribution in [0.2, 0.25) is 0 Å². The molecule has 1 rings (SSSR count). The van der Waals surface area contributed by atoms with Crippen molar-refractivity contribution in [3.05, 3.63) is 18.2 Å². The Kier molecular flexibility index (Phi) is 2.11. The van der Waals surface area contributed by atoms with E-state index >= 15 is 0 Å². The molecule has 50 valence electrons. The van der Waals surface area contributed by atoms with Crippen LogP contribution in [0.3, 0.4) is 0 Å². The molecule has 0 fully saturated rings. The van der Waals surface area contributed by atoms with E-state index in [-0.39, 0.29) is 0 Å². The van der Waals surface area contributed by atoms with Crippen LogP contribution in [-0.4, -0.2) is 15.4 Å². The Hall–Kier alpha value is -0.500. The highest BCUT2D eigenvalue weighted by atomic mass is 35.5. The Balaban J connectivity index is 2.69. The number of alkyl halides is 1. The largest absolute Gasteiger partial charge is 0.338 e. The summed E-state index contributed by atoms with van der Waals surface area (Å²) in [6.07, 6.45) is 4.52. The number of halogens is 1. The maximum absolute atomic E-state index is 5.52. The van der Waals surface area contributed by atoms with Gasteiger partial charge in [0.2, 0.25) is 0 Å². The molecular formula is C6H9ClN2. The molecule has 0 saturated heterocycles. The van der Waals surface area contributed by atoms with Crippen molar-refractivity contribution in [2.24, 2.45) is 7.05 Å². The van der Waals surface area contributed by atoms with E-state index in [2.05, 4.69) is 4.98 Å². The molecule has 0 bridgehead atoms. The SMILES string of the molecule is Cn1cncc1CCCl. The number of hydrogen-bond acceptors (Lipinski definition) is 1. The van der Waals surface area contributed by atoms with E-state index in [0.29, 0.717) is 5.88 Å². The van der Waals surface area contributed by atoms with Crippen LogP contribution in [-0.2, 0) is 13.5 Å². The maximum atomic E-state index is 5.52. The second-order valence-corrected chi connectivity index (χ2v) is 2.31. The maximum Gasteiger partial charge on any atom is 0.0945 e. The summed E-state index contributed by atoms with van der Waals surface area (Å²) >= 11 is 5.52. The van der Waals surface area contributed by atoms with Gasteiger partial charge >= 0.3 is 0 Å². The average Bonchev–Trinajstić information content (AvgIpc) is 2.18. The van der Waals surface area contributed by atoms with E-state index in [4.69, 9.17) is 11.6 Å². The minimum Gasteiger partial charge on any atom is -0.338 e. The zero-order chi connectivity index (χ0) is 6.69. The monoisotopic (exact) mass is 144 g/mol. The van der Waals surface area contributed by atoms with E-state index in [1.165, 1.54) is 5.69 Å². The topological polar surface area (TPSA) is 17.8 Å². The molecule has 0 aliphatic carbocycles. The van der Waals surface area contributed by atoms with Crippen LogP contribution in [0.15, 0.2) is 12.5 Å². The molecule has 1 aromatic rings. The summed E-state index contributed by atoms with van der Waals surface area (Å²) in [5, 5.41) is 0. The van der Waals surface area contributed by atoms with Gasteiger partial charge in [0.25, 0.3) is 0 Å². The van der Waals surface area contributed by atoms with Gasteiger partial charge < -0.3 is 4.57 Å². The molecule has 0 saturated carbocycles. The molecule has 9 heavy (non-hydrogen) atoms. The standard InChI is InChI=1S/C6H9ClN2/c1-9-5-8-4-6(9)2-3-7/h4-5H,2-3H2,1H3. The lowest BCUT2D eigenvalue weighted by Gasteiger charge is -1.95. The first kappa shape index (κ1) is 6.62. The van der Waals surface area contributed by atoms with Crippen LogP contribution in [0.4, 0.5) is 0 Å². The first-order chi connectivity index (χ1) is 4.34. The predicted molar refractivity (Wildman–Crippen MR) is 37.6 cm³/mol. The van der Waals surface area contributed by atoms with Gasteiger partial charge in [0.1, 0.15) is 0 Å². The first-order valence-electron chi connectivity index (χ1n) is 2.85. The van der Waals surface area contributed by atoms with Gasteiger partial charge in [-0.2, -0.15) is 0 Å². The molecule has 0 amide bonds. The zero-order valence-corrected chi connectivity index (χ0v) is 6.10. The molecule has 3 heteroatoms. The lowest BCUT2D eigenvalue weighted by molar-refractivity contribution is 0.835. The fourth-order valence-electron chi connectivity index (χ4n) is 0.722. The van der Waals surface area contributed by atoms with E-state index in [1.807, 2.05) is 17.8 Å². The van der Waals surface area contributed by atoms with Crippen molar-refractivity contribution in [1.29, 1.82) is 0 Å². The third kappa shape index (κ3) is 1.45. The van der Waals surface area contributed by atoms with Crippen LogP contribution in [0.25, 0.3) is 0 Å². The molecule has 0 atom stereocenters. The van der Waals surface area contributed by atoms with Crippen molar-refractivity contribution in [1.82, 2.24) is 9.55 Å². The average molecular weight is 145 g/mol. The highest BCUT2D eigenvalue weighted by Gasteiger charge is 1.93. The molecule has 1 aromatic heterocycles. The Morgan fingerprint density at radius 2 is 2.56 bits per heavy atom. The van der Waals surface area contributed by atoms with E-state index in [1.54, 1.807) is 6.33 Å². The normalized spacial score (nSPS) is 10.0. The van der Waals surface area contributed by atoms with Gasteiger partial charge in [-0.05, 0) is 0 Å². The van der Waals surface area contributed by atoms with Crippen molar-refractivity contribution >= 4 is 11.6 Å². The Bertz CT molecular complexity index is 183. The number of hydrogen-bond donors (Lipinski definition) is 0.